The van der Waals surface area contributed by atoms with Gasteiger partial charge in [0.1, 0.15) is 6.61 Å². The van der Waals surface area contributed by atoms with Crippen LogP contribution in [0.1, 0.15) is 38.2 Å². The van der Waals surface area contributed by atoms with Crippen molar-refractivity contribution >= 4 is 17.8 Å². The van der Waals surface area contributed by atoms with Crippen molar-refractivity contribution in [3.63, 3.8) is 0 Å². The normalized spacial score (nSPS) is 21.9. The highest BCUT2D eigenvalue weighted by Gasteiger charge is 2.23. The zero-order chi connectivity index (χ0) is 21.8. The van der Waals surface area contributed by atoms with Gasteiger partial charge in [-0.25, -0.2) is 0 Å². The van der Waals surface area contributed by atoms with Crippen molar-refractivity contribution in [3.8, 4) is 0 Å². The molecule has 2 rings (SSSR count). The van der Waals surface area contributed by atoms with E-state index in [0.717, 1.165) is 5.56 Å². The standard InChI is InChI=1S/C23H32N2O5/c1-17(16-26)25-21(27)15-19-10-6-3-7-11-20(14-18-8-4-2-5-9-18)23(29)30-13-12-24-22(19)28/h2-6,8-9,17,19-20,26H,7,10-16H2,1H3,(H,24,28)(H,25,27)/t17-,19+,20+/m0/s1. The minimum absolute atomic E-state index is 0.0386. The summed E-state index contributed by atoms with van der Waals surface area (Å²) < 4.78 is 5.39. The fraction of sp³-hybridized carbons (Fsp3) is 0.522. The van der Waals surface area contributed by atoms with Crippen LogP contribution in [-0.4, -0.2) is 48.7 Å². The monoisotopic (exact) mass is 416 g/mol. The van der Waals surface area contributed by atoms with E-state index in [0.29, 0.717) is 25.7 Å². The van der Waals surface area contributed by atoms with Crippen molar-refractivity contribution in [1.82, 2.24) is 10.6 Å². The summed E-state index contributed by atoms with van der Waals surface area (Å²) >= 11 is 0. The quantitative estimate of drug-likeness (QED) is 0.484. The number of aliphatic hydroxyl groups excluding tert-OH is 1. The first-order valence-electron chi connectivity index (χ1n) is 10.5. The van der Waals surface area contributed by atoms with Gasteiger partial charge in [0, 0.05) is 12.5 Å². The van der Waals surface area contributed by atoms with Crippen molar-refractivity contribution < 1.29 is 24.2 Å². The largest absolute Gasteiger partial charge is 0.464 e. The molecule has 1 aromatic carbocycles. The molecule has 0 radical (unpaired) electrons. The average Bonchev–Trinajstić information content (AvgIpc) is 2.75. The molecule has 0 aliphatic carbocycles. The molecule has 0 fully saturated rings. The van der Waals surface area contributed by atoms with Crippen LogP contribution in [0.3, 0.4) is 0 Å². The molecule has 1 aliphatic heterocycles. The minimum atomic E-state index is -0.510. The van der Waals surface area contributed by atoms with Crippen LogP contribution in [0.2, 0.25) is 0 Å². The Hall–Kier alpha value is -2.67. The second-order valence-corrected chi connectivity index (χ2v) is 7.68. The van der Waals surface area contributed by atoms with E-state index in [-0.39, 0.29) is 55.9 Å². The number of ether oxygens (including phenoxy) is 1. The number of nitrogens with one attached hydrogen (secondary N) is 2. The number of aliphatic hydroxyl groups is 1. The molecule has 0 spiro atoms. The van der Waals surface area contributed by atoms with E-state index < -0.39 is 5.92 Å². The maximum Gasteiger partial charge on any atom is 0.309 e. The summed E-state index contributed by atoms with van der Waals surface area (Å²) in [5, 5.41) is 14.5. The third kappa shape index (κ3) is 8.37. The fourth-order valence-electron chi connectivity index (χ4n) is 3.35. The average molecular weight is 417 g/mol. The van der Waals surface area contributed by atoms with E-state index in [4.69, 9.17) is 9.84 Å². The molecule has 2 amide bonds. The number of allylic oxidation sites excluding steroid dienone is 2. The second kappa shape index (κ2) is 12.8. The van der Waals surface area contributed by atoms with Crippen LogP contribution < -0.4 is 10.6 Å². The number of carbonyl (C=O) groups is 3. The van der Waals surface area contributed by atoms with E-state index in [1.807, 2.05) is 42.5 Å². The highest BCUT2D eigenvalue weighted by atomic mass is 16.5. The number of hydrogen-bond acceptors (Lipinski definition) is 5. The van der Waals surface area contributed by atoms with Gasteiger partial charge in [0.2, 0.25) is 11.8 Å². The van der Waals surface area contributed by atoms with Crippen LogP contribution in [0, 0.1) is 11.8 Å². The molecule has 30 heavy (non-hydrogen) atoms. The summed E-state index contributed by atoms with van der Waals surface area (Å²) in [5.41, 5.74) is 1.09. The summed E-state index contributed by atoms with van der Waals surface area (Å²) in [4.78, 5) is 37.1. The predicted molar refractivity (Wildman–Crippen MR) is 113 cm³/mol. The van der Waals surface area contributed by atoms with E-state index in [9.17, 15) is 14.4 Å². The molecule has 1 aliphatic rings. The maximum absolute atomic E-state index is 12.5. The van der Waals surface area contributed by atoms with E-state index in [1.165, 1.54) is 0 Å². The highest BCUT2D eigenvalue weighted by molar-refractivity contribution is 5.86. The Morgan fingerprint density at radius 2 is 2.00 bits per heavy atom. The van der Waals surface area contributed by atoms with Gasteiger partial charge >= 0.3 is 5.97 Å². The predicted octanol–water partition coefficient (Wildman–Crippen LogP) is 1.75. The second-order valence-electron chi connectivity index (χ2n) is 7.68. The number of cyclic esters (lactones) is 1. The molecule has 7 heteroatoms. The summed E-state index contributed by atoms with van der Waals surface area (Å²) in [7, 11) is 0. The lowest BCUT2D eigenvalue weighted by Crippen LogP contribution is -2.39. The minimum Gasteiger partial charge on any atom is -0.464 e. The molecule has 0 saturated carbocycles. The molecule has 0 bridgehead atoms. The van der Waals surface area contributed by atoms with E-state index >= 15 is 0 Å². The van der Waals surface area contributed by atoms with Crippen LogP contribution in [-0.2, 0) is 25.5 Å². The van der Waals surface area contributed by atoms with Gasteiger partial charge in [-0.15, -0.1) is 0 Å². The molecule has 1 aromatic rings. The number of esters is 1. The van der Waals surface area contributed by atoms with Gasteiger partial charge in [0.25, 0.3) is 0 Å². The Balaban J connectivity index is 1.98. The fourth-order valence-corrected chi connectivity index (χ4v) is 3.35. The Morgan fingerprint density at radius 1 is 1.23 bits per heavy atom. The Morgan fingerprint density at radius 3 is 2.73 bits per heavy atom. The topological polar surface area (TPSA) is 105 Å². The first-order chi connectivity index (χ1) is 14.5. The number of rotatable bonds is 6. The molecule has 7 nitrogen and oxygen atoms in total. The van der Waals surface area contributed by atoms with E-state index in [2.05, 4.69) is 10.6 Å². The van der Waals surface area contributed by atoms with Crippen molar-refractivity contribution in [2.45, 2.75) is 45.1 Å². The molecule has 0 saturated heterocycles. The van der Waals surface area contributed by atoms with Crippen LogP contribution in [0.25, 0.3) is 0 Å². The molecule has 164 valence electrons. The summed E-state index contributed by atoms with van der Waals surface area (Å²) in [6, 6.07) is 9.49. The van der Waals surface area contributed by atoms with Crippen molar-refractivity contribution in [2.24, 2.45) is 11.8 Å². The third-order valence-electron chi connectivity index (χ3n) is 5.06. The Labute approximate surface area is 177 Å². The van der Waals surface area contributed by atoms with Gasteiger partial charge in [-0.1, -0.05) is 42.5 Å². The van der Waals surface area contributed by atoms with Crippen LogP contribution in [0.15, 0.2) is 42.5 Å². The molecule has 1 heterocycles. The first-order valence-corrected chi connectivity index (χ1v) is 10.5. The Bertz CT molecular complexity index is 720. The lowest BCUT2D eigenvalue weighted by atomic mass is 9.94. The zero-order valence-electron chi connectivity index (χ0n) is 17.5. The van der Waals surface area contributed by atoms with Gasteiger partial charge < -0.3 is 20.5 Å². The van der Waals surface area contributed by atoms with Crippen molar-refractivity contribution in [3.05, 3.63) is 48.0 Å². The lowest BCUT2D eigenvalue weighted by Gasteiger charge is -2.17. The zero-order valence-corrected chi connectivity index (χ0v) is 17.5. The summed E-state index contributed by atoms with van der Waals surface area (Å²) in [6.07, 6.45) is 6.29. The smallest absolute Gasteiger partial charge is 0.309 e. The van der Waals surface area contributed by atoms with Crippen LogP contribution >= 0.6 is 0 Å². The Kier molecular flexibility index (Phi) is 10.1. The molecule has 0 unspecified atom stereocenters. The number of benzene rings is 1. The molecular formula is C23H32N2O5. The third-order valence-corrected chi connectivity index (χ3v) is 5.06. The molecule has 3 atom stereocenters. The van der Waals surface area contributed by atoms with E-state index in [1.54, 1.807) is 6.92 Å². The molecular weight excluding hydrogens is 384 g/mol. The number of carbonyl (C=O) groups excluding carboxylic acids is 3. The molecule has 3 N–H and O–H groups in total. The number of hydrogen-bond donors (Lipinski definition) is 3. The number of amides is 2. The van der Waals surface area contributed by atoms with Gasteiger partial charge in [0.15, 0.2) is 0 Å². The van der Waals surface area contributed by atoms with Gasteiger partial charge in [-0.2, -0.15) is 0 Å². The highest BCUT2D eigenvalue weighted by Crippen LogP contribution is 2.18. The summed E-state index contributed by atoms with van der Waals surface area (Å²) in [5.74, 6) is -1.53. The van der Waals surface area contributed by atoms with Gasteiger partial charge in [0.05, 0.1) is 25.0 Å². The van der Waals surface area contributed by atoms with Gasteiger partial charge in [-0.3, -0.25) is 14.4 Å². The molecule has 0 aromatic heterocycles. The lowest BCUT2D eigenvalue weighted by molar-refractivity contribution is -0.149. The SMILES string of the molecule is C[C@@H](CO)NC(=O)C[C@H]1CC=CCC[C@H](Cc2ccccc2)C(=O)OCCNC1=O. The van der Waals surface area contributed by atoms with Crippen LogP contribution in [0.5, 0.6) is 0 Å². The van der Waals surface area contributed by atoms with Crippen LogP contribution in [0.4, 0.5) is 0 Å². The summed E-state index contributed by atoms with van der Waals surface area (Å²) in [6.45, 7) is 1.85. The first kappa shape index (κ1) is 23.6. The van der Waals surface area contributed by atoms with Crippen molar-refractivity contribution in [1.29, 1.82) is 0 Å². The maximum atomic E-state index is 12.5. The van der Waals surface area contributed by atoms with Crippen molar-refractivity contribution in [2.75, 3.05) is 19.8 Å². The van der Waals surface area contributed by atoms with Gasteiger partial charge in [-0.05, 0) is 38.2 Å².